The van der Waals surface area contributed by atoms with Crippen LogP contribution < -0.4 is 26.2 Å². The van der Waals surface area contributed by atoms with Crippen molar-refractivity contribution in [1.29, 1.82) is 0 Å². The first-order valence-corrected chi connectivity index (χ1v) is 10.1. The normalized spacial score (nSPS) is 12.4. The summed E-state index contributed by atoms with van der Waals surface area (Å²) < 4.78 is 12.8. The van der Waals surface area contributed by atoms with Gasteiger partial charge in [0.15, 0.2) is 33.6 Å². The number of carbonyl (C=O) groups excluding carboxylic acids is 1. The van der Waals surface area contributed by atoms with Crippen LogP contribution in [0.25, 0.3) is 11.2 Å². The molecule has 1 aromatic carbocycles. The summed E-state index contributed by atoms with van der Waals surface area (Å²) >= 11 is 1.38. The summed E-state index contributed by atoms with van der Waals surface area (Å²) in [5.41, 5.74) is 9.35. The first-order valence-electron chi connectivity index (χ1n) is 9.33. The summed E-state index contributed by atoms with van der Waals surface area (Å²) in [6, 6.07) is 3.56. The molecule has 4 N–H and O–H groups in total. The number of hydrogen-bond acceptors (Lipinski definition) is 9. The number of rotatable bonds is 8. The van der Waals surface area contributed by atoms with E-state index in [1.54, 1.807) is 11.5 Å². The highest BCUT2D eigenvalue weighted by Crippen LogP contribution is 2.37. The summed E-state index contributed by atoms with van der Waals surface area (Å²) in [6.07, 6.45) is 3.92. The Morgan fingerprint density at radius 1 is 1.27 bits per heavy atom. The van der Waals surface area contributed by atoms with E-state index in [0.717, 1.165) is 17.7 Å². The molecule has 4 rings (SSSR count). The standard InChI is InChI=1S/C18H19BN6O4S/c19-10-6-11-12(29-9-28-11)7-13(10)30-18-23-15-16(20)21-8-22-17(15)25(18)5-3-1-2-4-14(26)24-27/h6-8,27H,1-5,9H2,(H,24,26)(H2,20,21,22). The fourth-order valence-corrected chi connectivity index (χ4v) is 4.09. The quantitative estimate of drug-likeness (QED) is 0.210. The lowest BCUT2D eigenvalue weighted by Gasteiger charge is -2.10. The smallest absolute Gasteiger partial charge is 0.243 e. The molecule has 0 atom stereocenters. The zero-order chi connectivity index (χ0) is 21.1. The van der Waals surface area contributed by atoms with Gasteiger partial charge in [-0.2, -0.15) is 0 Å². The van der Waals surface area contributed by atoms with E-state index in [1.165, 1.54) is 18.1 Å². The van der Waals surface area contributed by atoms with E-state index in [0.29, 0.717) is 52.1 Å². The number of fused-ring (bicyclic) bond motifs is 2. The van der Waals surface area contributed by atoms with Crippen LogP contribution in [0.3, 0.4) is 0 Å². The Labute approximate surface area is 177 Å². The molecule has 0 saturated carbocycles. The maximum Gasteiger partial charge on any atom is 0.243 e. The zero-order valence-electron chi connectivity index (χ0n) is 16.0. The van der Waals surface area contributed by atoms with Gasteiger partial charge in [-0.1, -0.05) is 23.6 Å². The summed E-state index contributed by atoms with van der Waals surface area (Å²) in [7, 11) is 6.19. The predicted molar refractivity (Wildman–Crippen MR) is 110 cm³/mol. The van der Waals surface area contributed by atoms with Crippen molar-refractivity contribution in [2.45, 2.75) is 42.3 Å². The number of ether oxygens (including phenoxy) is 2. The number of aromatic nitrogens is 4. The van der Waals surface area contributed by atoms with Crippen molar-refractivity contribution in [1.82, 2.24) is 25.0 Å². The molecule has 3 aromatic rings. The van der Waals surface area contributed by atoms with Gasteiger partial charge in [0.2, 0.25) is 12.7 Å². The molecule has 154 valence electrons. The van der Waals surface area contributed by atoms with Gasteiger partial charge in [0.25, 0.3) is 0 Å². The number of nitrogens with two attached hydrogens (primary N) is 1. The van der Waals surface area contributed by atoms with Crippen LogP contribution in [0.5, 0.6) is 11.5 Å². The number of nitrogen functional groups attached to an aromatic ring is 1. The molecule has 2 radical (unpaired) electrons. The molecule has 0 bridgehead atoms. The fraction of sp³-hybridized carbons (Fsp3) is 0.333. The van der Waals surface area contributed by atoms with Crippen LogP contribution in [0.15, 0.2) is 28.5 Å². The number of unbranched alkanes of at least 4 members (excludes halogenated alkanes) is 2. The van der Waals surface area contributed by atoms with Crippen LogP contribution in [0.2, 0.25) is 0 Å². The molecule has 0 saturated heterocycles. The zero-order valence-corrected chi connectivity index (χ0v) is 16.8. The average Bonchev–Trinajstić information content (AvgIpc) is 3.33. The Morgan fingerprint density at radius 3 is 2.87 bits per heavy atom. The number of hydroxylamine groups is 1. The summed E-state index contributed by atoms with van der Waals surface area (Å²) in [6.45, 7) is 0.794. The van der Waals surface area contributed by atoms with Crippen molar-refractivity contribution in [2.24, 2.45) is 0 Å². The Bertz CT molecular complexity index is 1090. The molecule has 1 aliphatic rings. The number of amides is 1. The van der Waals surface area contributed by atoms with E-state index >= 15 is 0 Å². The van der Waals surface area contributed by atoms with Gasteiger partial charge in [0.05, 0.1) is 0 Å². The minimum absolute atomic E-state index is 0.168. The molecule has 1 aliphatic heterocycles. The number of imidazole rings is 1. The van der Waals surface area contributed by atoms with E-state index in [9.17, 15) is 4.79 Å². The van der Waals surface area contributed by atoms with E-state index in [4.69, 9.17) is 28.3 Å². The summed E-state index contributed by atoms with van der Waals surface area (Å²) in [4.78, 5) is 24.9. The number of carbonyl (C=O) groups is 1. The molecule has 2 aromatic heterocycles. The number of anilines is 1. The van der Waals surface area contributed by atoms with E-state index in [-0.39, 0.29) is 13.2 Å². The second-order valence-electron chi connectivity index (χ2n) is 6.67. The van der Waals surface area contributed by atoms with Crippen molar-refractivity contribution in [3.05, 3.63) is 18.5 Å². The highest BCUT2D eigenvalue weighted by molar-refractivity contribution is 7.99. The Morgan fingerprint density at radius 2 is 2.07 bits per heavy atom. The largest absolute Gasteiger partial charge is 0.454 e. The van der Waals surface area contributed by atoms with Gasteiger partial charge in [-0.15, -0.1) is 0 Å². The van der Waals surface area contributed by atoms with Gasteiger partial charge in [0.1, 0.15) is 14.2 Å². The van der Waals surface area contributed by atoms with Crippen LogP contribution in [0.4, 0.5) is 5.82 Å². The van der Waals surface area contributed by atoms with Crippen LogP contribution in [0.1, 0.15) is 25.7 Å². The van der Waals surface area contributed by atoms with Crippen molar-refractivity contribution in [3.63, 3.8) is 0 Å². The van der Waals surface area contributed by atoms with E-state index < -0.39 is 5.91 Å². The van der Waals surface area contributed by atoms with Gasteiger partial charge in [-0.25, -0.2) is 20.4 Å². The molecule has 0 unspecified atom stereocenters. The van der Waals surface area contributed by atoms with Crippen LogP contribution >= 0.6 is 11.8 Å². The minimum Gasteiger partial charge on any atom is -0.454 e. The minimum atomic E-state index is -0.391. The number of nitrogens with zero attached hydrogens (tertiary/aromatic N) is 4. The fourth-order valence-electron chi connectivity index (χ4n) is 3.13. The Balaban J connectivity index is 1.57. The summed E-state index contributed by atoms with van der Waals surface area (Å²) in [5.74, 6) is 1.17. The topological polar surface area (TPSA) is 137 Å². The maximum atomic E-state index is 11.1. The third-order valence-electron chi connectivity index (χ3n) is 4.64. The molecule has 3 heterocycles. The van der Waals surface area contributed by atoms with Gasteiger partial charge in [-0.3, -0.25) is 10.0 Å². The second-order valence-corrected chi connectivity index (χ2v) is 7.68. The van der Waals surface area contributed by atoms with Crippen molar-refractivity contribution in [3.8, 4) is 11.5 Å². The molecule has 0 spiro atoms. The molecular weight excluding hydrogens is 407 g/mol. The molecule has 30 heavy (non-hydrogen) atoms. The third kappa shape index (κ3) is 4.14. The summed E-state index contributed by atoms with van der Waals surface area (Å²) in [5, 5.41) is 9.25. The van der Waals surface area contributed by atoms with Crippen LogP contribution in [-0.4, -0.2) is 45.3 Å². The SMILES string of the molecule is [B]c1cc2c(cc1Sc1nc3c(N)ncnc3n1CCCCCC(=O)NO)OCO2. The highest BCUT2D eigenvalue weighted by Gasteiger charge is 2.20. The molecule has 0 fully saturated rings. The molecular formula is C18H19BN6O4S. The van der Waals surface area contributed by atoms with Gasteiger partial charge in [-0.05, 0) is 25.0 Å². The van der Waals surface area contributed by atoms with E-state index in [1.807, 2.05) is 10.6 Å². The number of aryl methyl sites for hydroxylation is 1. The number of nitrogens with one attached hydrogen (secondary N) is 1. The number of benzene rings is 1. The Kier molecular flexibility index (Phi) is 5.95. The van der Waals surface area contributed by atoms with Crippen LogP contribution in [0, 0.1) is 0 Å². The van der Waals surface area contributed by atoms with Crippen molar-refractivity contribution in [2.75, 3.05) is 12.5 Å². The first kappa shape index (κ1) is 20.3. The maximum absolute atomic E-state index is 11.1. The van der Waals surface area contributed by atoms with Crippen molar-refractivity contribution >= 4 is 48.0 Å². The highest BCUT2D eigenvalue weighted by atomic mass is 32.2. The lowest BCUT2D eigenvalue weighted by atomic mass is 9.96. The lowest BCUT2D eigenvalue weighted by molar-refractivity contribution is -0.129. The average molecular weight is 426 g/mol. The number of hydrogen-bond donors (Lipinski definition) is 3. The molecule has 12 heteroatoms. The third-order valence-corrected chi connectivity index (χ3v) is 5.71. The Hall–Kier alpha value is -2.99. The van der Waals surface area contributed by atoms with Gasteiger partial charge >= 0.3 is 0 Å². The van der Waals surface area contributed by atoms with Crippen LogP contribution in [-0.2, 0) is 11.3 Å². The van der Waals surface area contributed by atoms with Gasteiger partial charge < -0.3 is 19.8 Å². The predicted octanol–water partition coefficient (Wildman–Crippen LogP) is 1.15. The van der Waals surface area contributed by atoms with Gasteiger partial charge in [0, 0.05) is 17.9 Å². The van der Waals surface area contributed by atoms with Crippen molar-refractivity contribution < 1.29 is 19.5 Å². The lowest BCUT2D eigenvalue weighted by Crippen LogP contribution is -2.17. The second kappa shape index (κ2) is 8.80. The first-order chi connectivity index (χ1) is 14.6. The monoisotopic (exact) mass is 426 g/mol. The molecule has 0 aliphatic carbocycles. The molecule has 10 nitrogen and oxygen atoms in total. The molecule has 1 amide bonds. The van der Waals surface area contributed by atoms with E-state index in [2.05, 4.69) is 15.0 Å².